The normalized spacial score (nSPS) is 25.6. The molecular weight excluding hydrogens is 482 g/mol. The molecule has 38 heavy (non-hydrogen) atoms. The van der Waals surface area contributed by atoms with Crippen molar-refractivity contribution in [3.63, 3.8) is 0 Å². The van der Waals surface area contributed by atoms with E-state index < -0.39 is 18.2 Å². The third-order valence-electron chi connectivity index (χ3n) is 8.13. The quantitative estimate of drug-likeness (QED) is 0.558. The number of nitrogens with one attached hydrogen (secondary N) is 1. The van der Waals surface area contributed by atoms with Crippen LogP contribution in [0.25, 0.3) is 0 Å². The molecule has 2 amide bonds. The number of likely N-dealkylation sites (tertiary alicyclic amines) is 2. The second kappa shape index (κ2) is 11.8. The number of fused-ring (bicyclic) bond motifs is 1. The fraction of sp³-hybridized carbons (Fsp3) is 0.700. The summed E-state index contributed by atoms with van der Waals surface area (Å²) in [7, 11) is 0. The van der Waals surface area contributed by atoms with Crippen molar-refractivity contribution in [1.82, 2.24) is 15.1 Å². The van der Waals surface area contributed by atoms with Crippen LogP contribution in [0.5, 0.6) is 0 Å². The van der Waals surface area contributed by atoms with Gasteiger partial charge in [0.2, 0.25) is 5.91 Å². The summed E-state index contributed by atoms with van der Waals surface area (Å²) in [5.41, 5.74) is 1.58. The van der Waals surface area contributed by atoms with Gasteiger partial charge < -0.3 is 24.6 Å². The molecule has 0 unspecified atom stereocenters. The van der Waals surface area contributed by atoms with Crippen LogP contribution in [0.3, 0.4) is 0 Å². The van der Waals surface area contributed by atoms with Gasteiger partial charge in [-0.3, -0.25) is 14.4 Å². The minimum Gasteiger partial charge on any atom is -0.374 e. The van der Waals surface area contributed by atoms with Gasteiger partial charge in [-0.05, 0) is 82.2 Å². The summed E-state index contributed by atoms with van der Waals surface area (Å²) < 4.78 is 11.5. The first-order valence-electron chi connectivity index (χ1n) is 14.2. The van der Waals surface area contributed by atoms with E-state index in [1.807, 2.05) is 39.8 Å². The number of ether oxygens (including phenoxy) is 2. The third kappa shape index (κ3) is 6.46. The lowest BCUT2D eigenvalue weighted by atomic mass is 9.87. The second-order valence-corrected chi connectivity index (χ2v) is 12.5. The molecule has 4 atom stereocenters. The van der Waals surface area contributed by atoms with Crippen molar-refractivity contribution in [2.75, 3.05) is 32.8 Å². The zero-order chi connectivity index (χ0) is 27.6. The molecule has 8 heteroatoms. The van der Waals surface area contributed by atoms with E-state index >= 15 is 0 Å². The van der Waals surface area contributed by atoms with Crippen LogP contribution < -0.4 is 5.32 Å². The fourth-order valence-electron chi connectivity index (χ4n) is 6.11. The van der Waals surface area contributed by atoms with Gasteiger partial charge in [-0.25, -0.2) is 0 Å². The number of hydrogen-bond donors (Lipinski definition) is 1. The molecule has 1 N–H and O–H groups in total. The number of piperidine rings is 1. The summed E-state index contributed by atoms with van der Waals surface area (Å²) in [6, 6.07) is 7.00. The number of hydrogen-bond acceptors (Lipinski definition) is 6. The first-order chi connectivity index (χ1) is 18.0. The van der Waals surface area contributed by atoms with E-state index in [1.54, 1.807) is 4.90 Å². The third-order valence-corrected chi connectivity index (χ3v) is 8.13. The Morgan fingerprint density at radius 3 is 2.37 bits per heavy atom. The van der Waals surface area contributed by atoms with E-state index in [4.69, 9.17) is 9.47 Å². The van der Waals surface area contributed by atoms with E-state index in [0.717, 1.165) is 25.9 Å². The van der Waals surface area contributed by atoms with Crippen molar-refractivity contribution in [3.05, 3.63) is 35.4 Å². The topological polar surface area (TPSA) is 88.2 Å². The Labute approximate surface area is 227 Å². The van der Waals surface area contributed by atoms with Crippen LogP contribution in [0.15, 0.2) is 24.3 Å². The van der Waals surface area contributed by atoms with Gasteiger partial charge in [0.1, 0.15) is 30.9 Å². The van der Waals surface area contributed by atoms with Gasteiger partial charge in [-0.15, -0.1) is 0 Å². The van der Waals surface area contributed by atoms with Crippen molar-refractivity contribution >= 4 is 17.6 Å². The van der Waals surface area contributed by atoms with E-state index in [1.165, 1.54) is 5.56 Å². The van der Waals surface area contributed by atoms with Crippen LogP contribution in [0.2, 0.25) is 0 Å². The van der Waals surface area contributed by atoms with Crippen LogP contribution in [0.4, 0.5) is 0 Å². The molecule has 4 rings (SSSR count). The number of rotatable bonds is 8. The Kier molecular flexibility index (Phi) is 8.95. The number of benzene rings is 1. The number of carbonyl (C=O) groups is 3. The fourth-order valence-corrected chi connectivity index (χ4v) is 6.11. The first kappa shape index (κ1) is 28.7. The Morgan fingerprint density at radius 2 is 1.79 bits per heavy atom. The molecule has 0 spiro atoms. The molecule has 0 aromatic heterocycles. The van der Waals surface area contributed by atoms with E-state index in [9.17, 15) is 14.4 Å². The van der Waals surface area contributed by atoms with Crippen molar-refractivity contribution < 1.29 is 23.9 Å². The Bertz CT molecular complexity index is 994. The predicted molar refractivity (Wildman–Crippen MR) is 146 cm³/mol. The molecule has 210 valence electrons. The number of ketones is 1. The highest BCUT2D eigenvalue weighted by atomic mass is 16.6. The van der Waals surface area contributed by atoms with Gasteiger partial charge in [0, 0.05) is 18.2 Å². The largest absolute Gasteiger partial charge is 0.374 e. The van der Waals surface area contributed by atoms with Crippen LogP contribution in [0, 0.1) is 5.41 Å². The number of Topliss-reactive ketones (excluding diaryl/α,β-unsaturated/α-hetero) is 1. The lowest BCUT2D eigenvalue weighted by Gasteiger charge is -2.34. The van der Waals surface area contributed by atoms with Gasteiger partial charge in [0.05, 0.1) is 6.54 Å². The number of nitrogens with zero attached hydrogens (tertiary/aromatic N) is 2. The minimum absolute atomic E-state index is 0.0121. The average molecular weight is 528 g/mol. The molecule has 3 fully saturated rings. The summed E-state index contributed by atoms with van der Waals surface area (Å²) in [5, 5.41) is 3.00. The Hall–Kier alpha value is -2.29. The second-order valence-electron chi connectivity index (χ2n) is 12.5. The molecule has 8 nitrogen and oxygen atoms in total. The molecular formula is C30H45N3O5. The molecule has 0 aliphatic carbocycles. The summed E-state index contributed by atoms with van der Waals surface area (Å²) in [6.45, 7) is 15.4. The molecule has 0 saturated carbocycles. The maximum Gasteiger partial charge on any atom is 0.251 e. The molecule has 3 aliphatic rings. The maximum atomic E-state index is 13.8. The molecule has 3 saturated heterocycles. The van der Waals surface area contributed by atoms with Gasteiger partial charge >= 0.3 is 0 Å². The minimum atomic E-state index is -0.753. The maximum absolute atomic E-state index is 13.8. The summed E-state index contributed by atoms with van der Waals surface area (Å²) in [5.74, 6) is -0.135. The number of carbonyl (C=O) groups excluding carboxylic acids is 3. The highest BCUT2D eigenvalue weighted by Crippen LogP contribution is 2.32. The van der Waals surface area contributed by atoms with Crippen molar-refractivity contribution in [2.45, 2.75) is 97.1 Å². The van der Waals surface area contributed by atoms with Gasteiger partial charge in [0.15, 0.2) is 5.78 Å². The Morgan fingerprint density at radius 1 is 1.13 bits per heavy atom. The van der Waals surface area contributed by atoms with E-state index in [0.29, 0.717) is 30.6 Å². The van der Waals surface area contributed by atoms with Crippen molar-refractivity contribution in [1.29, 1.82) is 0 Å². The van der Waals surface area contributed by atoms with E-state index in [-0.39, 0.29) is 42.3 Å². The lowest BCUT2D eigenvalue weighted by Crippen LogP contribution is -2.53. The molecule has 1 aromatic carbocycles. The standard InChI is InChI=1S/C30H45N3O5/c1-7-37-25-17-33(26-24(34)18-38-27(25)26)29(36)23(16-30(4,5)6)31-28(35)22-10-8-20(9-11-22)21-12-14-32(15-13-21)19(2)3/h8-11,19,21,23,25-27H,7,12-18H2,1-6H3,(H,31,35)/t23-,25-,26+,27+/m0/s1. The highest BCUT2D eigenvalue weighted by molar-refractivity contribution is 5.99. The molecule has 0 radical (unpaired) electrons. The monoisotopic (exact) mass is 527 g/mol. The summed E-state index contributed by atoms with van der Waals surface area (Å²) in [4.78, 5) is 43.8. The van der Waals surface area contributed by atoms with E-state index in [2.05, 4.69) is 36.2 Å². The van der Waals surface area contributed by atoms with Gasteiger partial charge in [-0.2, -0.15) is 0 Å². The van der Waals surface area contributed by atoms with Gasteiger partial charge in [-0.1, -0.05) is 32.9 Å². The Balaban J connectivity index is 1.45. The SMILES string of the molecule is CCO[C@H]1CN(C(=O)[C@H](CC(C)(C)C)NC(=O)c2ccc(C3CCN(C(C)C)CC3)cc2)[C@@H]2C(=O)CO[C@H]12. The molecule has 3 aliphatic heterocycles. The van der Waals surface area contributed by atoms with Crippen LogP contribution in [-0.2, 0) is 19.1 Å². The predicted octanol–water partition coefficient (Wildman–Crippen LogP) is 3.39. The summed E-state index contributed by atoms with van der Waals surface area (Å²) in [6.07, 6.45) is 1.90. The molecule has 0 bridgehead atoms. The van der Waals surface area contributed by atoms with Crippen LogP contribution >= 0.6 is 0 Å². The van der Waals surface area contributed by atoms with Crippen molar-refractivity contribution in [2.24, 2.45) is 5.41 Å². The zero-order valence-corrected chi connectivity index (χ0v) is 23.9. The average Bonchev–Trinajstić information content (AvgIpc) is 3.43. The van der Waals surface area contributed by atoms with Gasteiger partial charge in [0.25, 0.3) is 5.91 Å². The smallest absolute Gasteiger partial charge is 0.251 e. The molecule has 3 heterocycles. The lowest BCUT2D eigenvalue weighted by molar-refractivity contribution is -0.139. The van der Waals surface area contributed by atoms with Crippen LogP contribution in [0.1, 0.15) is 82.6 Å². The van der Waals surface area contributed by atoms with Crippen molar-refractivity contribution in [3.8, 4) is 0 Å². The highest BCUT2D eigenvalue weighted by Gasteiger charge is 2.53. The number of amides is 2. The first-order valence-corrected chi connectivity index (χ1v) is 14.2. The zero-order valence-electron chi connectivity index (χ0n) is 23.9. The molecule has 1 aromatic rings. The van der Waals surface area contributed by atoms with Crippen LogP contribution in [-0.4, -0.2) is 90.6 Å². The summed E-state index contributed by atoms with van der Waals surface area (Å²) >= 11 is 0.